The molecule has 0 aromatic heterocycles. The SMILES string of the molecule is CC(=O)N1CCN(S(=O)(=O)c2ccc(C(=O)NOC3CCCCO3)cc2)CC1. The van der Waals surface area contributed by atoms with E-state index in [1.54, 1.807) is 4.90 Å². The minimum Gasteiger partial charge on any atom is -0.350 e. The normalized spacial score (nSPS) is 21.3. The molecule has 28 heavy (non-hydrogen) atoms. The zero-order valence-corrected chi connectivity index (χ0v) is 16.6. The number of sulfonamides is 1. The Bertz CT molecular complexity index is 797. The van der Waals surface area contributed by atoms with Crippen LogP contribution in [0.15, 0.2) is 29.2 Å². The lowest BCUT2D eigenvalue weighted by Crippen LogP contribution is -2.49. The first-order valence-electron chi connectivity index (χ1n) is 9.31. The second-order valence-electron chi connectivity index (χ2n) is 6.78. The molecular formula is C18H25N3O6S. The highest BCUT2D eigenvalue weighted by Gasteiger charge is 2.29. The molecule has 0 aliphatic carbocycles. The van der Waals surface area contributed by atoms with Crippen molar-refractivity contribution in [1.82, 2.24) is 14.7 Å². The first-order valence-corrected chi connectivity index (χ1v) is 10.8. The maximum atomic E-state index is 12.8. The fraction of sp³-hybridized carbons (Fsp3) is 0.556. The number of benzene rings is 1. The van der Waals surface area contributed by atoms with Crippen LogP contribution in [0.2, 0.25) is 0 Å². The fourth-order valence-electron chi connectivity index (χ4n) is 3.15. The fourth-order valence-corrected chi connectivity index (χ4v) is 4.58. The Balaban J connectivity index is 1.58. The van der Waals surface area contributed by atoms with Crippen LogP contribution >= 0.6 is 0 Å². The van der Waals surface area contributed by atoms with Gasteiger partial charge < -0.3 is 9.64 Å². The molecule has 0 radical (unpaired) electrons. The van der Waals surface area contributed by atoms with E-state index in [0.717, 1.165) is 12.8 Å². The molecule has 3 rings (SSSR count). The van der Waals surface area contributed by atoms with Crippen LogP contribution in [-0.2, 0) is 24.4 Å². The smallest absolute Gasteiger partial charge is 0.274 e. The van der Waals surface area contributed by atoms with Crippen molar-refractivity contribution in [3.8, 4) is 0 Å². The maximum absolute atomic E-state index is 12.8. The van der Waals surface area contributed by atoms with E-state index in [4.69, 9.17) is 9.57 Å². The summed E-state index contributed by atoms with van der Waals surface area (Å²) in [6, 6.07) is 5.69. The maximum Gasteiger partial charge on any atom is 0.274 e. The van der Waals surface area contributed by atoms with E-state index >= 15 is 0 Å². The van der Waals surface area contributed by atoms with Crippen molar-refractivity contribution in [3.05, 3.63) is 29.8 Å². The van der Waals surface area contributed by atoms with Gasteiger partial charge in [0.15, 0.2) is 6.29 Å². The topological polar surface area (TPSA) is 105 Å². The molecule has 10 heteroatoms. The van der Waals surface area contributed by atoms with Crippen LogP contribution in [0.4, 0.5) is 0 Å². The van der Waals surface area contributed by atoms with E-state index in [0.29, 0.717) is 26.1 Å². The molecule has 2 fully saturated rings. The number of ether oxygens (including phenoxy) is 1. The highest BCUT2D eigenvalue weighted by molar-refractivity contribution is 7.89. The summed E-state index contributed by atoms with van der Waals surface area (Å²) in [5.41, 5.74) is 2.63. The summed E-state index contributed by atoms with van der Waals surface area (Å²) in [6.07, 6.45) is 2.22. The molecule has 0 saturated carbocycles. The molecule has 1 N–H and O–H groups in total. The summed E-state index contributed by atoms with van der Waals surface area (Å²) in [4.78, 5) is 30.5. The molecule has 1 aromatic rings. The molecule has 1 unspecified atom stereocenters. The number of hydrogen-bond acceptors (Lipinski definition) is 6. The van der Waals surface area contributed by atoms with Gasteiger partial charge in [-0.1, -0.05) is 0 Å². The van der Waals surface area contributed by atoms with Gasteiger partial charge in [0, 0.05) is 51.7 Å². The van der Waals surface area contributed by atoms with Gasteiger partial charge in [0.1, 0.15) is 0 Å². The van der Waals surface area contributed by atoms with Crippen molar-refractivity contribution in [3.63, 3.8) is 0 Å². The summed E-state index contributed by atoms with van der Waals surface area (Å²) < 4.78 is 32.2. The number of hydroxylamine groups is 1. The Labute approximate surface area is 164 Å². The molecule has 2 saturated heterocycles. The van der Waals surface area contributed by atoms with Gasteiger partial charge in [-0.05, 0) is 37.1 Å². The molecule has 0 bridgehead atoms. The number of hydrogen-bond donors (Lipinski definition) is 1. The number of nitrogens with one attached hydrogen (secondary N) is 1. The molecule has 2 heterocycles. The third-order valence-corrected chi connectivity index (χ3v) is 6.77. The Morgan fingerprint density at radius 2 is 1.79 bits per heavy atom. The van der Waals surface area contributed by atoms with Gasteiger partial charge in [-0.15, -0.1) is 0 Å². The lowest BCUT2D eigenvalue weighted by Gasteiger charge is -2.33. The number of rotatable bonds is 5. The average molecular weight is 411 g/mol. The van der Waals surface area contributed by atoms with E-state index in [9.17, 15) is 18.0 Å². The van der Waals surface area contributed by atoms with Crippen molar-refractivity contribution < 1.29 is 27.6 Å². The minimum absolute atomic E-state index is 0.0618. The predicted octanol–water partition coefficient (Wildman–Crippen LogP) is 0.727. The quantitative estimate of drug-likeness (QED) is 0.716. The largest absolute Gasteiger partial charge is 0.350 e. The van der Waals surface area contributed by atoms with Crippen LogP contribution in [0.5, 0.6) is 0 Å². The van der Waals surface area contributed by atoms with E-state index in [2.05, 4.69) is 5.48 Å². The van der Waals surface area contributed by atoms with Gasteiger partial charge in [0.05, 0.1) is 4.90 Å². The van der Waals surface area contributed by atoms with Gasteiger partial charge in [-0.25, -0.2) is 18.7 Å². The average Bonchev–Trinajstić information content (AvgIpc) is 2.73. The van der Waals surface area contributed by atoms with E-state index in [-0.39, 0.29) is 29.5 Å². The predicted molar refractivity (Wildman–Crippen MR) is 99.6 cm³/mol. The molecule has 2 amide bonds. The van der Waals surface area contributed by atoms with Crippen molar-refractivity contribution in [2.75, 3.05) is 32.8 Å². The van der Waals surface area contributed by atoms with E-state index in [1.807, 2.05) is 0 Å². The van der Waals surface area contributed by atoms with Gasteiger partial charge in [-0.2, -0.15) is 4.31 Å². The Morgan fingerprint density at radius 1 is 1.11 bits per heavy atom. The van der Waals surface area contributed by atoms with Gasteiger partial charge >= 0.3 is 0 Å². The lowest BCUT2D eigenvalue weighted by molar-refractivity contribution is -0.186. The van der Waals surface area contributed by atoms with Crippen LogP contribution in [-0.4, -0.2) is 68.5 Å². The van der Waals surface area contributed by atoms with Crippen LogP contribution in [0.25, 0.3) is 0 Å². The highest BCUT2D eigenvalue weighted by Crippen LogP contribution is 2.19. The van der Waals surface area contributed by atoms with E-state index in [1.165, 1.54) is 35.5 Å². The summed E-state index contributed by atoms with van der Waals surface area (Å²) >= 11 is 0. The first-order chi connectivity index (χ1) is 13.4. The summed E-state index contributed by atoms with van der Waals surface area (Å²) in [5.74, 6) is -0.526. The molecule has 1 aromatic carbocycles. The number of piperazine rings is 1. The van der Waals surface area contributed by atoms with Gasteiger partial charge in [-0.3, -0.25) is 9.59 Å². The summed E-state index contributed by atoms with van der Waals surface area (Å²) in [6.45, 7) is 3.32. The first kappa shape index (κ1) is 20.7. The Morgan fingerprint density at radius 3 is 2.36 bits per heavy atom. The highest BCUT2D eigenvalue weighted by atomic mass is 32.2. The van der Waals surface area contributed by atoms with Crippen molar-refractivity contribution >= 4 is 21.8 Å². The second kappa shape index (κ2) is 8.99. The molecule has 154 valence electrons. The standard InChI is InChI=1S/C18H25N3O6S/c1-14(22)20-9-11-21(12-10-20)28(24,25)16-7-5-15(6-8-16)18(23)19-27-17-4-2-3-13-26-17/h5-8,17H,2-4,9-13H2,1H3,(H,19,23). The van der Waals surface area contributed by atoms with Crippen molar-refractivity contribution in [2.24, 2.45) is 0 Å². The molecule has 1 atom stereocenters. The number of carbonyl (C=O) groups is 2. The zero-order chi connectivity index (χ0) is 20.1. The monoisotopic (exact) mass is 411 g/mol. The van der Waals surface area contributed by atoms with Crippen molar-refractivity contribution in [1.29, 1.82) is 0 Å². The van der Waals surface area contributed by atoms with E-state index < -0.39 is 22.2 Å². The Kier molecular flexibility index (Phi) is 6.65. The second-order valence-corrected chi connectivity index (χ2v) is 8.72. The van der Waals surface area contributed by atoms with Crippen LogP contribution in [0.3, 0.4) is 0 Å². The molecule has 0 spiro atoms. The summed E-state index contributed by atoms with van der Waals surface area (Å²) in [5, 5.41) is 0. The number of carbonyl (C=O) groups excluding carboxylic acids is 2. The molecular weight excluding hydrogens is 386 g/mol. The van der Waals surface area contributed by atoms with Crippen LogP contribution in [0, 0.1) is 0 Å². The zero-order valence-electron chi connectivity index (χ0n) is 15.8. The molecule has 2 aliphatic heterocycles. The van der Waals surface area contributed by atoms with Crippen molar-refractivity contribution in [2.45, 2.75) is 37.4 Å². The number of amides is 2. The van der Waals surface area contributed by atoms with Crippen LogP contribution < -0.4 is 5.48 Å². The molecule has 2 aliphatic rings. The molecule has 9 nitrogen and oxygen atoms in total. The summed E-state index contributed by atoms with van der Waals surface area (Å²) in [7, 11) is -3.67. The number of nitrogens with zero attached hydrogens (tertiary/aromatic N) is 2. The Hall–Kier alpha value is -2.01. The van der Waals surface area contributed by atoms with Crippen LogP contribution in [0.1, 0.15) is 36.5 Å². The lowest BCUT2D eigenvalue weighted by atomic mass is 10.2. The van der Waals surface area contributed by atoms with Gasteiger partial charge in [0.2, 0.25) is 15.9 Å². The third kappa shape index (κ3) is 4.88. The minimum atomic E-state index is -3.67. The van der Waals surface area contributed by atoms with Gasteiger partial charge in [0.25, 0.3) is 5.91 Å². The third-order valence-electron chi connectivity index (χ3n) is 4.86.